The van der Waals surface area contributed by atoms with Crippen molar-refractivity contribution in [2.75, 3.05) is 13.2 Å². The summed E-state index contributed by atoms with van der Waals surface area (Å²) >= 11 is 4.32. The molecule has 0 saturated heterocycles. The van der Waals surface area contributed by atoms with Crippen LogP contribution in [0.15, 0.2) is 39.3 Å². The molecule has 0 amide bonds. The molecule has 1 aromatic carbocycles. The first kappa shape index (κ1) is 59.3. The second-order valence-electron chi connectivity index (χ2n) is 17.7. The summed E-state index contributed by atoms with van der Waals surface area (Å²) < 4.78 is 23.4. The molecule has 2 heterocycles. The molecule has 0 aromatic heterocycles. The number of carbonyl (C=O) groups is 4. The van der Waals surface area contributed by atoms with Gasteiger partial charge in [0, 0.05) is 12.8 Å². The quantitative estimate of drug-likeness (QED) is 0.0156. The smallest absolute Gasteiger partial charge is 0.350 e. The Hall–Kier alpha value is -3.04. The summed E-state index contributed by atoms with van der Waals surface area (Å²) in [6.45, 7) is 15.8. The molecular weight excluding hydrogens is 933 g/mol. The van der Waals surface area contributed by atoms with E-state index in [0.717, 1.165) is 85.6 Å². The van der Waals surface area contributed by atoms with Gasteiger partial charge in [0.05, 0.1) is 47.8 Å². The summed E-state index contributed by atoms with van der Waals surface area (Å²) in [4.78, 5) is 58.4. The molecule has 3 rings (SSSR count). The Morgan fingerprint density at radius 1 is 0.456 bits per heavy atom. The number of ether oxygens (including phenoxy) is 4. The molecule has 68 heavy (non-hydrogen) atoms. The maximum absolute atomic E-state index is 13.6. The van der Waals surface area contributed by atoms with Crippen molar-refractivity contribution in [2.45, 2.75) is 253 Å². The zero-order valence-electron chi connectivity index (χ0n) is 41.8. The monoisotopic (exact) mass is 1010 g/mol. The predicted molar refractivity (Wildman–Crippen MR) is 280 cm³/mol. The SMILES string of the molecule is [C-]#[N+]C(C(=O)OCC)=C1Sc2c(OC(=O)CCCCCCCCCCCCCCCCC)c3c(c(OC(=O)CCCCCCCCCCCCCCCCC)c2S1)SC(=C(C#N)C(=O)OCC)S3. The van der Waals surface area contributed by atoms with Gasteiger partial charge in [0.15, 0.2) is 17.1 Å². The van der Waals surface area contributed by atoms with E-state index in [1.54, 1.807) is 13.8 Å². The Bertz CT molecular complexity index is 1710. The minimum atomic E-state index is -0.783. The lowest BCUT2D eigenvalue weighted by Gasteiger charge is -2.16. The molecule has 0 N–H and O–H groups in total. The number of benzene rings is 1. The number of nitriles is 1. The van der Waals surface area contributed by atoms with E-state index in [1.165, 1.54) is 141 Å². The number of unbranched alkanes of at least 4 members (excludes halogenated alkanes) is 28. The highest BCUT2D eigenvalue weighted by Crippen LogP contribution is 2.68. The predicted octanol–water partition coefficient (Wildman–Crippen LogP) is 17.4. The maximum atomic E-state index is 13.6. The summed E-state index contributed by atoms with van der Waals surface area (Å²) in [5, 5.41) is 10.1. The van der Waals surface area contributed by atoms with Crippen LogP contribution in [0.25, 0.3) is 4.85 Å². The van der Waals surface area contributed by atoms with Gasteiger partial charge in [0.25, 0.3) is 5.70 Å². The third kappa shape index (κ3) is 21.9. The van der Waals surface area contributed by atoms with Gasteiger partial charge >= 0.3 is 23.9 Å². The highest BCUT2D eigenvalue weighted by molar-refractivity contribution is 8.26. The number of carbonyl (C=O) groups excluding carboxylic acids is 4. The normalized spacial score (nSPS) is 12.6. The molecule has 0 unspecified atom stereocenters. The van der Waals surface area contributed by atoms with Crippen molar-refractivity contribution < 1.29 is 38.1 Å². The van der Waals surface area contributed by atoms with Gasteiger partial charge in [-0.25, -0.2) is 9.64 Å². The average Bonchev–Trinajstić information content (AvgIpc) is 3.96. The van der Waals surface area contributed by atoms with Gasteiger partial charge in [-0.2, -0.15) is 5.26 Å². The van der Waals surface area contributed by atoms with Gasteiger partial charge in [-0.05, 0) is 26.7 Å². The number of esters is 4. The molecule has 0 atom stereocenters. The Morgan fingerprint density at radius 3 is 1.04 bits per heavy atom. The molecule has 0 saturated carbocycles. The van der Waals surface area contributed by atoms with Crippen molar-refractivity contribution >= 4 is 70.9 Å². The molecule has 0 bridgehead atoms. The van der Waals surface area contributed by atoms with E-state index < -0.39 is 23.9 Å². The molecule has 1 aromatic rings. The van der Waals surface area contributed by atoms with Crippen molar-refractivity contribution in [1.29, 1.82) is 5.26 Å². The number of rotatable bonds is 38. The fraction of sp³-hybridized carbons (Fsp3) is 0.704. The standard InChI is InChI=1S/C54H80N2O8S4/c1-6-10-12-14-16-18-20-22-24-26-28-30-32-34-36-38-42(57)63-45-47-48(66-53(65-47)41(40-55)51(59)61-8-3)46(50-49(45)67-54(68-50)44(56-5)52(60)62-9-4)64-43(58)39-37-35-33-31-29-27-25-23-21-19-17-15-13-11-7-2/h6-39H2,1-4H3. The zero-order chi connectivity index (χ0) is 49.2. The Kier molecular flexibility index (Phi) is 32.1. The van der Waals surface area contributed by atoms with Crippen LogP contribution in [-0.2, 0) is 28.7 Å². The molecule has 0 radical (unpaired) electrons. The topological polar surface area (TPSA) is 133 Å². The van der Waals surface area contributed by atoms with E-state index in [2.05, 4.69) is 18.7 Å². The van der Waals surface area contributed by atoms with Gasteiger partial charge in [0.2, 0.25) is 0 Å². The highest BCUT2D eigenvalue weighted by atomic mass is 32.2. The molecule has 0 aliphatic carbocycles. The lowest BCUT2D eigenvalue weighted by atomic mass is 10.0. The molecule has 378 valence electrons. The minimum absolute atomic E-state index is 0.0739. The number of hydrogen-bond donors (Lipinski definition) is 0. The van der Waals surface area contributed by atoms with Crippen LogP contribution in [0, 0.1) is 17.9 Å². The summed E-state index contributed by atoms with van der Waals surface area (Å²) in [5.74, 6) is -2.10. The number of fused-ring (bicyclic) bond motifs is 2. The van der Waals surface area contributed by atoms with Crippen LogP contribution in [0.4, 0.5) is 0 Å². The van der Waals surface area contributed by atoms with Crippen molar-refractivity contribution in [3.63, 3.8) is 0 Å². The van der Waals surface area contributed by atoms with Crippen LogP contribution in [0.1, 0.15) is 233 Å². The van der Waals surface area contributed by atoms with E-state index in [1.807, 2.05) is 6.07 Å². The number of hydrogen-bond acceptors (Lipinski definition) is 13. The molecular formula is C54H80N2O8S4. The first-order valence-electron chi connectivity index (χ1n) is 26.2. The third-order valence-corrected chi connectivity index (χ3v) is 17.2. The second-order valence-corrected chi connectivity index (χ2v) is 22.3. The van der Waals surface area contributed by atoms with Crippen LogP contribution in [0.5, 0.6) is 11.5 Å². The van der Waals surface area contributed by atoms with Gasteiger partial charge in [-0.1, -0.05) is 241 Å². The second kappa shape index (κ2) is 36.8. The Labute approximate surface area is 426 Å². The average molecular weight is 1010 g/mol. The summed E-state index contributed by atoms with van der Waals surface area (Å²) in [7, 11) is 0. The zero-order valence-corrected chi connectivity index (χ0v) is 45.1. The maximum Gasteiger partial charge on any atom is 0.350 e. The van der Waals surface area contributed by atoms with E-state index >= 15 is 0 Å². The number of nitrogens with zero attached hydrogens (tertiary/aromatic N) is 2. The fourth-order valence-electron chi connectivity index (χ4n) is 8.15. The van der Waals surface area contributed by atoms with Crippen LogP contribution in [0.2, 0.25) is 0 Å². The molecule has 2 aliphatic heterocycles. The molecule has 14 heteroatoms. The summed E-state index contributed by atoms with van der Waals surface area (Å²) in [6.07, 6.45) is 36.6. The molecule has 0 fully saturated rings. The number of thioether (sulfide) groups is 4. The van der Waals surface area contributed by atoms with Crippen LogP contribution < -0.4 is 9.47 Å². The van der Waals surface area contributed by atoms with Crippen molar-refractivity contribution in [2.24, 2.45) is 0 Å². The first-order chi connectivity index (χ1) is 33.2. The van der Waals surface area contributed by atoms with E-state index in [-0.39, 0.29) is 48.8 Å². The van der Waals surface area contributed by atoms with Gasteiger partial charge in [0.1, 0.15) is 6.07 Å². The van der Waals surface area contributed by atoms with Crippen molar-refractivity contribution in [3.8, 4) is 17.6 Å². The molecule has 0 spiro atoms. The van der Waals surface area contributed by atoms with Crippen LogP contribution in [-0.4, -0.2) is 37.1 Å². The van der Waals surface area contributed by atoms with Crippen LogP contribution in [0.3, 0.4) is 0 Å². The van der Waals surface area contributed by atoms with E-state index in [0.29, 0.717) is 40.9 Å². The first-order valence-corrected chi connectivity index (χ1v) is 29.5. The van der Waals surface area contributed by atoms with E-state index in [4.69, 9.17) is 25.5 Å². The molecule has 10 nitrogen and oxygen atoms in total. The van der Waals surface area contributed by atoms with Gasteiger partial charge < -0.3 is 18.9 Å². The Morgan fingerprint density at radius 2 is 0.750 bits per heavy atom. The van der Waals surface area contributed by atoms with Crippen LogP contribution >= 0.6 is 47.0 Å². The van der Waals surface area contributed by atoms with Crippen molar-refractivity contribution in [3.05, 3.63) is 31.2 Å². The third-order valence-electron chi connectivity index (χ3n) is 12.0. The lowest BCUT2D eigenvalue weighted by Crippen LogP contribution is -2.12. The highest BCUT2D eigenvalue weighted by Gasteiger charge is 2.41. The van der Waals surface area contributed by atoms with Crippen molar-refractivity contribution in [1.82, 2.24) is 0 Å². The summed E-state index contributed by atoms with van der Waals surface area (Å²) in [6, 6.07) is 1.98. The summed E-state index contributed by atoms with van der Waals surface area (Å²) in [5.41, 5.74) is -0.430. The largest absolute Gasteiger partial charge is 0.471 e. The molecule has 2 aliphatic rings. The van der Waals surface area contributed by atoms with Gasteiger partial charge in [-0.15, -0.1) is 0 Å². The van der Waals surface area contributed by atoms with E-state index in [9.17, 15) is 24.4 Å². The Balaban J connectivity index is 1.70. The minimum Gasteiger partial charge on any atom is -0.471 e. The van der Waals surface area contributed by atoms with Gasteiger partial charge in [-0.3, -0.25) is 14.4 Å². The fourth-order valence-corrected chi connectivity index (χ4v) is 13.5. The lowest BCUT2D eigenvalue weighted by molar-refractivity contribution is -0.139.